The lowest BCUT2D eigenvalue weighted by atomic mass is 10.1. The van der Waals surface area contributed by atoms with Crippen LogP contribution in [0.1, 0.15) is 47.0 Å². The van der Waals surface area contributed by atoms with Crippen molar-refractivity contribution in [2.24, 2.45) is 17.3 Å². The van der Waals surface area contributed by atoms with Crippen molar-refractivity contribution in [3.8, 4) is 0 Å². The lowest BCUT2D eigenvalue weighted by Crippen LogP contribution is -2.30. The Kier molecular flexibility index (Phi) is 4.66. The largest absolute Gasteiger partial charge is 0.357 e. The number of anilines is 2. The Bertz CT molecular complexity index is 623. The molecule has 24 heavy (non-hydrogen) atoms. The standard InChI is InChI=1S/C20H29N3O/c1-14(2)12-16-18(20(16,3)4)19(24)22-15-8-9-17(21-13-15)23-10-6-5-7-11-23/h8-9,12-13,16,18H,5-7,10-11H2,1-4H3,(H,22,24). The second-order valence-corrected chi connectivity index (χ2v) is 8.01. The summed E-state index contributed by atoms with van der Waals surface area (Å²) < 4.78 is 0. The molecule has 1 aromatic heterocycles. The predicted octanol–water partition coefficient (Wildman–Crippen LogP) is 4.25. The quantitative estimate of drug-likeness (QED) is 0.841. The summed E-state index contributed by atoms with van der Waals surface area (Å²) in [4.78, 5) is 19.5. The molecule has 4 nitrogen and oxygen atoms in total. The maximum atomic E-state index is 12.6. The predicted molar refractivity (Wildman–Crippen MR) is 99.1 cm³/mol. The fourth-order valence-corrected chi connectivity index (χ4v) is 3.84. The maximum Gasteiger partial charge on any atom is 0.228 e. The minimum atomic E-state index is 0.0442. The van der Waals surface area contributed by atoms with Crippen molar-refractivity contribution >= 4 is 17.4 Å². The zero-order chi connectivity index (χ0) is 17.3. The maximum absolute atomic E-state index is 12.6. The van der Waals surface area contributed by atoms with Crippen LogP contribution in [0, 0.1) is 17.3 Å². The summed E-state index contributed by atoms with van der Waals surface area (Å²) in [5.74, 6) is 1.51. The second kappa shape index (κ2) is 6.58. The highest BCUT2D eigenvalue weighted by Gasteiger charge is 2.60. The van der Waals surface area contributed by atoms with Gasteiger partial charge in [-0.3, -0.25) is 4.79 Å². The van der Waals surface area contributed by atoms with Gasteiger partial charge >= 0.3 is 0 Å². The monoisotopic (exact) mass is 327 g/mol. The first kappa shape index (κ1) is 17.0. The van der Waals surface area contributed by atoms with Gasteiger partial charge in [-0.1, -0.05) is 25.5 Å². The van der Waals surface area contributed by atoms with Crippen LogP contribution in [0.5, 0.6) is 0 Å². The average Bonchev–Trinajstić information content (AvgIpc) is 3.08. The van der Waals surface area contributed by atoms with Crippen molar-refractivity contribution in [1.82, 2.24) is 4.98 Å². The van der Waals surface area contributed by atoms with E-state index < -0.39 is 0 Å². The van der Waals surface area contributed by atoms with Crippen LogP contribution >= 0.6 is 0 Å². The van der Waals surface area contributed by atoms with Crippen LogP contribution in [0.25, 0.3) is 0 Å². The van der Waals surface area contributed by atoms with Crippen LogP contribution in [-0.4, -0.2) is 24.0 Å². The van der Waals surface area contributed by atoms with E-state index in [2.05, 4.69) is 49.0 Å². The van der Waals surface area contributed by atoms with Crippen molar-refractivity contribution in [2.45, 2.75) is 47.0 Å². The second-order valence-electron chi connectivity index (χ2n) is 8.01. The molecule has 2 atom stereocenters. The van der Waals surface area contributed by atoms with Crippen LogP contribution in [-0.2, 0) is 4.79 Å². The lowest BCUT2D eigenvalue weighted by Gasteiger charge is -2.27. The summed E-state index contributed by atoms with van der Waals surface area (Å²) >= 11 is 0. The van der Waals surface area contributed by atoms with Gasteiger partial charge in [-0.2, -0.15) is 0 Å². The van der Waals surface area contributed by atoms with E-state index in [1.807, 2.05) is 12.1 Å². The van der Waals surface area contributed by atoms with Gasteiger partial charge in [0.05, 0.1) is 17.8 Å². The van der Waals surface area contributed by atoms with Crippen LogP contribution in [0.15, 0.2) is 30.0 Å². The van der Waals surface area contributed by atoms with Gasteiger partial charge in [0.2, 0.25) is 5.91 Å². The summed E-state index contributed by atoms with van der Waals surface area (Å²) in [7, 11) is 0. The minimum Gasteiger partial charge on any atom is -0.357 e. The first-order chi connectivity index (χ1) is 11.4. The van der Waals surface area contributed by atoms with Gasteiger partial charge in [-0.15, -0.1) is 0 Å². The van der Waals surface area contributed by atoms with E-state index in [1.54, 1.807) is 6.20 Å². The number of pyridine rings is 1. The molecular weight excluding hydrogens is 298 g/mol. The van der Waals surface area contributed by atoms with Gasteiger partial charge in [0.25, 0.3) is 0 Å². The van der Waals surface area contributed by atoms with E-state index in [0.29, 0.717) is 5.92 Å². The van der Waals surface area contributed by atoms with E-state index in [9.17, 15) is 4.79 Å². The third-order valence-electron chi connectivity index (χ3n) is 5.40. The number of rotatable bonds is 4. The third kappa shape index (κ3) is 3.47. The summed E-state index contributed by atoms with van der Waals surface area (Å²) in [6.45, 7) is 10.7. The Morgan fingerprint density at radius 1 is 1.25 bits per heavy atom. The highest BCUT2D eigenvalue weighted by Crippen LogP contribution is 2.59. The van der Waals surface area contributed by atoms with E-state index in [0.717, 1.165) is 24.6 Å². The van der Waals surface area contributed by atoms with Crippen molar-refractivity contribution in [2.75, 3.05) is 23.3 Å². The number of nitrogens with zero attached hydrogens (tertiary/aromatic N) is 2. The van der Waals surface area contributed by atoms with Gasteiger partial charge in [0.15, 0.2) is 0 Å². The van der Waals surface area contributed by atoms with Gasteiger partial charge in [-0.25, -0.2) is 4.98 Å². The Labute approximate surface area is 145 Å². The molecule has 4 heteroatoms. The molecule has 1 saturated carbocycles. The van der Waals surface area contributed by atoms with Crippen molar-refractivity contribution in [3.63, 3.8) is 0 Å². The summed E-state index contributed by atoms with van der Waals surface area (Å²) in [6, 6.07) is 3.99. The van der Waals surface area contributed by atoms with Crippen LogP contribution in [0.4, 0.5) is 11.5 Å². The number of piperidine rings is 1. The Hall–Kier alpha value is -1.84. The molecule has 2 fully saturated rings. The molecule has 1 aliphatic carbocycles. The molecule has 2 unspecified atom stereocenters. The fraction of sp³-hybridized carbons (Fsp3) is 0.600. The van der Waals surface area contributed by atoms with E-state index in [-0.39, 0.29) is 17.2 Å². The number of allylic oxidation sites excluding steroid dienone is 2. The summed E-state index contributed by atoms with van der Waals surface area (Å²) in [5.41, 5.74) is 2.11. The molecule has 2 aliphatic rings. The SMILES string of the molecule is CC(C)=CC1C(C(=O)Nc2ccc(N3CCCCC3)nc2)C1(C)C. The third-order valence-corrected chi connectivity index (χ3v) is 5.40. The van der Waals surface area contributed by atoms with Crippen molar-refractivity contribution < 1.29 is 4.79 Å². The number of nitrogens with one attached hydrogen (secondary N) is 1. The molecule has 1 saturated heterocycles. The highest BCUT2D eigenvalue weighted by molar-refractivity contribution is 5.95. The van der Waals surface area contributed by atoms with Crippen LogP contribution in [0.2, 0.25) is 0 Å². The zero-order valence-corrected chi connectivity index (χ0v) is 15.3. The molecular formula is C20H29N3O. The smallest absolute Gasteiger partial charge is 0.228 e. The molecule has 130 valence electrons. The number of hydrogen-bond acceptors (Lipinski definition) is 3. The molecule has 0 radical (unpaired) electrons. The molecule has 0 spiro atoms. The molecule has 1 N–H and O–H groups in total. The summed E-state index contributed by atoms with van der Waals surface area (Å²) in [6.07, 6.45) is 7.80. The Balaban J connectivity index is 1.62. The number of aromatic nitrogens is 1. The molecule has 3 rings (SSSR count). The Morgan fingerprint density at radius 2 is 1.96 bits per heavy atom. The average molecular weight is 327 g/mol. The van der Waals surface area contributed by atoms with Gasteiger partial charge in [0.1, 0.15) is 5.82 Å². The molecule has 1 aliphatic heterocycles. The molecule has 0 bridgehead atoms. The van der Waals surface area contributed by atoms with Gasteiger partial charge in [-0.05, 0) is 56.6 Å². The van der Waals surface area contributed by atoms with Gasteiger partial charge in [0, 0.05) is 13.1 Å². The first-order valence-corrected chi connectivity index (χ1v) is 9.06. The van der Waals surface area contributed by atoms with Crippen LogP contribution in [0.3, 0.4) is 0 Å². The fourth-order valence-electron chi connectivity index (χ4n) is 3.84. The van der Waals surface area contributed by atoms with E-state index in [1.165, 1.54) is 24.8 Å². The highest BCUT2D eigenvalue weighted by atomic mass is 16.2. The number of hydrogen-bond donors (Lipinski definition) is 1. The topological polar surface area (TPSA) is 45.2 Å². The number of carbonyl (C=O) groups excluding carboxylic acids is 1. The number of amides is 1. The molecule has 1 amide bonds. The summed E-state index contributed by atoms with van der Waals surface area (Å²) in [5, 5.41) is 3.04. The minimum absolute atomic E-state index is 0.0442. The normalized spacial score (nSPS) is 25.1. The molecule has 0 aromatic carbocycles. The molecule has 1 aromatic rings. The first-order valence-electron chi connectivity index (χ1n) is 9.06. The van der Waals surface area contributed by atoms with E-state index in [4.69, 9.17) is 0 Å². The van der Waals surface area contributed by atoms with Crippen LogP contribution < -0.4 is 10.2 Å². The van der Waals surface area contributed by atoms with Crippen molar-refractivity contribution in [3.05, 3.63) is 30.0 Å². The lowest BCUT2D eigenvalue weighted by molar-refractivity contribution is -0.118. The van der Waals surface area contributed by atoms with Gasteiger partial charge < -0.3 is 10.2 Å². The zero-order valence-electron chi connectivity index (χ0n) is 15.3. The van der Waals surface area contributed by atoms with E-state index >= 15 is 0 Å². The Morgan fingerprint density at radius 3 is 2.54 bits per heavy atom. The van der Waals surface area contributed by atoms with Crippen molar-refractivity contribution in [1.29, 1.82) is 0 Å². The number of carbonyl (C=O) groups is 1. The molecule has 2 heterocycles.